The van der Waals surface area contributed by atoms with Crippen molar-refractivity contribution in [1.29, 1.82) is 0 Å². The number of likely N-dealkylation sites (N-methyl/N-ethyl adjacent to an activating group) is 1. The van der Waals surface area contributed by atoms with E-state index in [0.29, 0.717) is 13.0 Å². The summed E-state index contributed by atoms with van der Waals surface area (Å²) in [6, 6.07) is 22.5. The molecule has 0 aliphatic carbocycles. The Morgan fingerprint density at radius 1 is 0.975 bits per heavy atom. The first-order valence-electron chi connectivity index (χ1n) is 13.4. The van der Waals surface area contributed by atoms with Crippen LogP contribution >= 0.6 is 0 Å². The van der Waals surface area contributed by atoms with Crippen molar-refractivity contribution >= 4 is 12.0 Å². The topological polar surface area (TPSA) is 116 Å². The molecule has 0 aliphatic rings. The van der Waals surface area contributed by atoms with Gasteiger partial charge in [-0.15, -0.1) is 0 Å². The second-order valence-electron chi connectivity index (χ2n) is 10.9. The molecule has 3 atom stereocenters. The van der Waals surface area contributed by atoms with Gasteiger partial charge in [-0.2, -0.15) is 0 Å². The van der Waals surface area contributed by atoms with Crippen LogP contribution in [0.25, 0.3) is 11.3 Å². The molecule has 0 unspecified atom stereocenters. The number of hydrogen-bond acceptors (Lipinski definition) is 7. The number of methoxy groups -OCH3 is 1. The average molecular weight is 548 g/mol. The van der Waals surface area contributed by atoms with Gasteiger partial charge in [0.15, 0.2) is 0 Å². The number of aliphatic hydroxyl groups excluding tert-OH is 1. The highest BCUT2D eigenvalue weighted by Crippen LogP contribution is 2.21. The molecule has 0 saturated heterocycles. The maximum Gasteiger partial charge on any atom is 0.407 e. The minimum Gasteiger partial charge on any atom is -0.453 e. The van der Waals surface area contributed by atoms with Gasteiger partial charge in [-0.3, -0.25) is 15.2 Å². The molecule has 0 spiro atoms. The zero-order valence-corrected chi connectivity index (χ0v) is 23.9. The number of carbonyl (C=O) groups is 2. The molecule has 2 amide bonds. The number of hydrazine groups is 1. The van der Waals surface area contributed by atoms with Gasteiger partial charge in [0.1, 0.15) is 6.04 Å². The SMILES string of the molecule is CN[C@@H](Cc1ccccc1)[C@@H](O)CN(Cc1ccc(-c2ccccn2)cc1)NC(=O)[C@@H](NC(=O)OC)C(C)(C)C. The van der Waals surface area contributed by atoms with Crippen LogP contribution in [-0.2, 0) is 22.5 Å². The van der Waals surface area contributed by atoms with E-state index in [1.54, 1.807) is 11.2 Å². The van der Waals surface area contributed by atoms with E-state index in [1.165, 1.54) is 7.11 Å². The van der Waals surface area contributed by atoms with Crippen LogP contribution in [0.2, 0.25) is 0 Å². The molecule has 40 heavy (non-hydrogen) atoms. The summed E-state index contributed by atoms with van der Waals surface area (Å²) in [5.41, 5.74) is 6.23. The molecule has 0 fully saturated rings. The maximum absolute atomic E-state index is 13.5. The van der Waals surface area contributed by atoms with Crippen molar-refractivity contribution < 1.29 is 19.4 Å². The van der Waals surface area contributed by atoms with Crippen LogP contribution in [-0.4, -0.2) is 66.0 Å². The summed E-state index contributed by atoms with van der Waals surface area (Å²) < 4.78 is 4.74. The molecule has 2 aromatic carbocycles. The molecule has 0 aliphatic heterocycles. The van der Waals surface area contributed by atoms with Crippen LogP contribution in [0.15, 0.2) is 79.0 Å². The fourth-order valence-electron chi connectivity index (χ4n) is 4.41. The molecule has 0 bridgehead atoms. The van der Waals surface area contributed by atoms with Gasteiger partial charge >= 0.3 is 6.09 Å². The summed E-state index contributed by atoms with van der Waals surface area (Å²) >= 11 is 0. The van der Waals surface area contributed by atoms with E-state index in [2.05, 4.69) is 21.0 Å². The Kier molecular flexibility index (Phi) is 11.2. The van der Waals surface area contributed by atoms with Gasteiger partial charge in [0.05, 0.1) is 18.9 Å². The largest absolute Gasteiger partial charge is 0.453 e. The lowest BCUT2D eigenvalue weighted by Gasteiger charge is -2.34. The lowest BCUT2D eigenvalue weighted by Crippen LogP contribution is -2.58. The third-order valence-electron chi connectivity index (χ3n) is 6.67. The Balaban J connectivity index is 1.81. The first-order valence-corrected chi connectivity index (χ1v) is 13.4. The molecule has 3 rings (SSSR count). The summed E-state index contributed by atoms with van der Waals surface area (Å²) in [6.07, 6.45) is 0.877. The normalized spacial score (nSPS) is 13.8. The number of hydrogen-bond donors (Lipinski definition) is 4. The van der Waals surface area contributed by atoms with Crippen LogP contribution in [0, 0.1) is 5.41 Å². The molecule has 9 heteroatoms. The van der Waals surface area contributed by atoms with E-state index < -0.39 is 29.6 Å². The third-order valence-corrected chi connectivity index (χ3v) is 6.67. The second kappa shape index (κ2) is 14.6. The Morgan fingerprint density at radius 3 is 2.23 bits per heavy atom. The van der Waals surface area contributed by atoms with Gasteiger partial charge < -0.3 is 20.5 Å². The Labute approximate surface area is 236 Å². The number of alkyl carbamates (subject to hydrolysis) is 1. The summed E-state index contributed by atoms with van der Waals surface area (Å²) in [7, 11) is 3.07. The minimum atomic E-state index is -0.865. The highest BCUT2D eigenvalue weighted by molar-refractivity contribution is 5.86. The predicted octanol–water partition coefficient (Wildman–Crippen LogP) is 3.54. The quantitative estimate of drug-likeness (QED) is 0.256. The van der Waals surface area contributed by atoms with Gasteiger partial charge in [-0.1, -0.05) is 81.4 Å². The van der Waals surface area contributed by atoms with Gasteiger partial charge in [-0.05, 0) is 42.1 Å². The molecule has 9 nitrogen and oxygen atoms in total. The number of nitrogens with one attached hydrogen (secondary N) is 3. The molecule has 1 heterocycles. The van der Waals surface area contributed by atoms with Crippen molar-refractivity contribution in [3.05, 3.63) is 90.1 Å². The van der Waals surface area contributed by atoms with Crippen molar-refractivity contribution in [3.63, 3.8) is 0 Å². The zero-order valence-electron chi connectivity index (χ0n) is 23.9. The van der Waals surface area contributed by atoms with Crippen molar-refractivity contribution in [3.8, 4) is 11.3 Å². The predicted molar refractivity (Wildman–Crippen MR) is 156 cm³/mol. The molecule has 1 aromatic heterocycles. The van der Waals surface area contributed by atoms with Crippen LogP contribution in [0.1, 0.15) is 31.9 Å². The van der Waals surface area contributed by atoms with Crippen molar-refractivity contribution in [2.24, 2.45) is 5.41 Å². The number of aromatic nitrogens is 1. The van der Waals surface area contributed by atoms with Gasteiger partial charge in [-0.25, -0.2) is 9.80 Å². The van der Waals surface area contributed by atoms with E-state index in [9.17, 15) is 14.7 Å². The minimum absolute atomic E-state index is 0.154. The summed E-state index contributed by atoms with van der Waals surface area (Å²) in [4.78, 5) is 29.9. The van der Waals surface area contributed by atoms with Crippen molar-refractivity contribution in [2.45, 2.75) is 51.9 Å². The van der Waals surface area contributed by atoms with Crippen LogP contribution in [0.3, 0.4) is 0 Å². The monoisotopic (exact) mass is 547 g/mol. The lowest BCUT2D eigenvalue weighted by atomic mass is 9.86. The van der Waals surface area contributed by atoms with Gasteiger partial charge in [0.2, 0.25) is 0 Å². The first-order chi connectivity index (χ1) is 19.1. The number of amides is 2. The Bertz CT molecular complexity index is 1200. The highest BCUT2D eigenvalue weighted by atomic mass is 16.5. The number of pyridine rings is 1. The number of aliphatic hydroxyl groups is 1. The molecular weight excluding hydrogens is 506 g/mol. The Hall–Kier alpha value is -3.79. The van der Waals surface area contributed by atoms with Crippen LogP contribution in [0.5, 0.6) is 0 Å². The number of ether oxygens (including phenoxy) is 1. The van der Waals surface area contributed by atoms with E-state index in [1.807, 2.05) is 101 Å². The zero-order chi connectivity index (χ0) is 29.1. The fourth-order valence-corrected chi connectivity index (χ4v) is 4.41. The summed E-state index contributed by atoms with van der Waals surface area (Å²) in [5, 5.41) is 18.8. The standard InChI is InChI=1S/C31H41N5O4/c1-31(2,3)28(34-30(39)40-5)29(38)35-36(21-27(37)26(32-4)19-22-11-7-6-8-12-22)20-23-14-16-24(17-15-23)25-13-9-10-18-33-25/h6-18,26-28,32,37H,19-21H2,1-5H3,(H,34,39)(H,35,38)/t26-,27-,28+/m0/s1. The lowest BCUT2D eigenvalue weighted by molar-refractivity contribution is -0.131. The molecular formula is C31H41N5O4. The van der Waals surface area contributed by atoms with Gasteiger partial charge in [0.25, 0.3) is 5.91 Å². The maximum atomic E-state index is 13.5. The average Bonchev–Trinajstić information content (AvgIpc) is 2.95. The van der Waals surface area contributed by atoms with Crippen LogP contribution < -0.4 is 16.1 Å². The van der Waals surface area contributed by atoms with Crippen LogP contribution in [0.4, 0.5) is 4.79 Å². The van der Waals surface area contributed by atoms with E-state index >= 15 is 0 Å². The second-order valence-corrected chi connectivity index (χ2v) is 10.9. The highest BCUT2D eigenvalue weighted by Gasteiger charge is 2.34. The van der Waals surface area contributed by atoms with E-state index in [-0.39, 0.29) is 12.6 Å². The molecule has 3 aromatic rings. The number of carbonyl (C=O) groups excluding carboxylic acids is 2. The smallest absolute Gasteiger partial charge is 0.407 e. The third kappa shape index (κ3) is 9.15. The van der Waals surface area contributed by atoms with E-state index in [0.717, 1.165) is 22.4 Å². The van der Waals surface area contributed by atoms with Crippen molar-refractivity contribution in [2.75, 3.05) is 20.7 Å². The summed E-state index contributed by atoms with van der Waals surface area (Å²) in [5.74, 6) is -0.403. The molecule has 214 valence electrons. The Morgan fingerprint density at radius 2 is 1.65 bits per heavy atom. The molecule has 0 saturated carbocycles. The number of nitrogens with zero attached hydrogens (tertiary/aromatic N) is 2. The van der Waals surface area contributed by atoms with Crippen molar-refractivity contribution in [1.82, 2.24) is 26.1 Å². The first kappa shape index (κ1) is 30.7. The number of benzene rings is 2. The summed E-state index contributed by atoms with van der Waals surface area (Å²) in [6.45, 7) is 6.07. The van der Waals surface area contributed by atoms with Gasteiger partial charge in [0, 0.05) is 30.9 Å². The fraction of sp³-hybridized carbons (Fsp3) is 0.387. The number of rotatable bonds is 12. The molecule has 4 N–H and O–H groups in total. The van der Waals surface area contributed by atoms with E-state index in [4.69, 9.17) is 4.74 Å². The molecule has 0 radical (unpaired) electrons.